The number of aryl methyl sites for hydroxylation is 1. The average Bonchev–Trinajstić information content (AvgIpc) is 2.86. The van der Waals surface area contributed by atoms with E-state index >= 15 is 0 Å². The quantitative estimate of drug-likeness (QED) is 0.609. The summed E-state index contributed by atoms with van der Waals surface area (Å²) in [6.07, 6.45) is 4.87. The molecule has 2 atom stereocenters. The molecular weight excluding hydrogens is 429 g/mol. The van der Waals surface area contributed by atoms with Crippen LogP contribution in [0.25, 0.3) is 0 Å². The average molecular weight is 453 g/mol. The number of hydrogen-bond acceptors (Lipinski definition) is 3. The van der Waals surface area contributed by atoms with Gasteiger partial charge in [0.05, 0.1) is 4.90 Å². The largest absolute Gasteiger partial charge is 0.272 e. The highest BCUT2D eigenvalue weighted by molar-refractivity contribution is 7.89. The van der Waals surface area contributed by atoms with Gasteiger partial charge in [0.15, 0.2) is 0 Å². The highest BCUT2D eigenvalue weighted by atomic mass is 35.5. The number of rotatable bonds is 5. The molecule has 0 unspecified atom stereocenters. The Labute approximate surface area is 176 Å². The number of alkyl halides is 3. The fourth-order valence-corrected chi connectivity index (χ4v) is 7.10. The number of nitrogens with zero attached hydrogens (tertiary/aromatic N) is 1. The standard InChI is InChI=1S/C19H24Cl3NO3S/c1-14-5-7-16(8-6-14)27(25,26)23-12-15(11-20)19(22,17(23)24)13-18(21)9-3-2-4-10-18/h5-8,15H,2-4,9-13H2,1H3/t15-,19+/m0/s1. The first-order valence-corrected chi connectivity index (χ1v) is 11.9. The number of carbonyl (C=O) groups is 1. The molecule has 27 heavy (non-hydrogen) atoms. The Morgan fingerprint density at radius 2 is 1.70 bits per heavy atom. The van der Waals surface area contributed by atoms with E-state index in [0.717, 1.165) is 42.0 Å². The number of benzene rings is 1. The van der Waals surface area contributed by atoms with Gasteiger partial charge in [-0.25, -0.2) is 12.7 Å². The summed E-state index contributed by atoms with van der Waals surface area (Å²) in [5.41, 5.74) is 0.938. The molecule has 1 heterocycles. The molecule has 150 valence electrons. The van der Waals surface area contributed by atoms with Crippen molar-refractivity contribution in [3.8, 4) is 0 Å². The molecule has 0 aromatic heterocycles. The van der Waals surface area contributed by atoms with Gasteiger partial charge in [-0.15, -0.1) is 34.8 Å². The van der Waals surface area contributed by atoms with Gasteiger partial charge in [-0.2, -0.15) is 0 Å². The van der Waals surface area contributed by atoms with Crippen molar-refractivity contribution in [1.82, 2.24) is 4.31 Å². The van der Waals surface area contributed by atoms with Crippen molar-refractivity contribution in [2.24, 2.45) is 5.92 Å². The monoisotopic (exact) mass is 451 g/mol. The number of sulfonamides is 1. The molecule has 1 aromatic carbocycles. The van der Waals surface area contributed by atoms with Crippen LogP contribution < -0.4 is 0 Å². The second-order valence-corrected chi connectivity index (χ2v) is 11.4. The van der Waals surface area contributed by atoms with Crippen LogP contribution in [0.3, 0.4) is 0 Å². The predicted octanol–water partition coefficient (Wildman–Crippen LogP) is 4.69. The van der Waals surface area contributed by atoms with E-state index in [1.54, 1.807) is 12.1 Å². The van der Waals surface area contributed by atoms with Crippen molar-refractivity contribution in [2.75, 3.05) is 12.4 Å². The van der Waals surface area contributed by atoms with E-state index in [4.69, 9.17) is 34.8 Å². The molecule has 1 saturated carbocycles. The third-order valence-electron chi connectivity index (χ3n) is 5.73. The van der Waals surface area contributed by atoms with Crippen LogP contribution in [0.5, 0.6) is 0 Å². The van der Waals surface area contributed by atoms with Crippen LogP contribution in [-0.4, -0.2) is 40.8 Å². The van der Waals surface area contributed by atoms with Crippen molar-refractivity contribution in [3.05, 3.63) is 29.8 Å². The van der Waals surface area contributed by atoms with Gasteiger partial charge in [-0.05, 0) is 38.3 Å². The minimum Gasteiger partial charge on any atom is -0.272 e. The van der Waals surface area contributed by atoms with E-state index in [1.807, 2.05) is 6.92 Å². The van der Waals surface area contributed by atoms with E-state index in [-0.39, 0.29) is 23.7 Å². The number of carbonyl (C=O) groups excluding carboxylic acids is 1. The van der Waals surface area contributed by atoms with Gasteiger partial charge in [-0.3, -0.25) is 4.79 Å². The van der Waals surface area contributed by atoms with E-state index in [2.05, 4.69) is 0 Å². The summed E-state index contributed by atoms with van der Waals surface area (Å²) in [4.78, 5) is 11.3. The van der Waals surface area contributed by atoms with Gasteiger partial charge >= 0.3 is 0 Å². The summed E-state index contributed by atoms with van der Waals surface area (Å²) >= 11 is 19.7. The van der Waals surface area contributed by atoms with Crippen LogP contribution in [0.4, 0.5) is 0 Å². The molecule has 1 amide bonds. The molecule has 1 aliphatic heterocycles. The fourth-order valence-electron chi connectivity index (χ4n) is 4.07. The van der Waals surface area contributed by atoms with Gasteiger partial charge in [0.25, 0.3) is 15.9 Å². The summed E-state index contributed by atoms with van der Waals surface area (Å²) in [6, 6.07) is 6.42. The molecule has 1 saturated heterocycles. The lowest BCUT2D eigenvalue weighted by molar-refractivity contribution is -0.126. The van der Waals surface area contributed by atoms with Crippen LogP contribution >= 0.6 is 34.8 Å². The van der Waals surface area contributed by atoms with E-state index in [1.165, 1.54) is 12.1 Å². The molecule has 3 rings (SSSR count). The molecule has 1 aromatic rings. The second-order valence-electron chi connectivity index (χ2n) is 7.76. The molecule has 0 radical (unpaired) electrons. The zero-order valence-corrected chi connectivity index (χ0v) is 18.3. The normalized spacial score (nSPS) is 28.5. The van der Waals surface area contributed by atoms with Gasteiger partial charge in [0, 0.05) is 23.2 Å². The molecule has 2 aliphatic rings. The number of amides is 1. The SMILES string of the molecule is Cc1ccc(S(=O)(=O)N2C[C@H](CCl)[C@](Cl)(CC3(Cl)CCCCC3)C2=O)cc1. The first kappa shape index (κ1) is 21.2. The first-order chi connectivity index (χ1) is 12.6. The van der Waals surface area contributed by atoms with Crippen molar-refractivity contribution >= 4 is 50.7 Å². The molecule has 2 fully saturated rings. The minimum absolute atomic E-state index is 0.0188. The first-order valence-electron chi connectivity index (χ1n) is 9.20. The Bertz CT molecular complexity index is 806. The zero-order valence-electron chi connectivity index (χ0n) is 15.3. The lowest BCUT2D eigenvalue weighted by atomic mass is 9.78. The van der Waals surface area contributed by atoms with Crippen molar-refractivity contribution in [2.45, 2.75) is 60.1 Å². The summed E-state index contributed by atoms with van der Waals surface area (Å²) in [6.45, 7) is 1.85. The Balaban J connectivity index is 1.91. The molecule has 4 nitrogen and oxygen atoms in total. The predicted molar refractivity (Wildman–Crippen MR) is 109 cm³/mol. The van der Waals surface area contributed by atoms with Crippen LogP contribution in [-0.2, 0) is 14.8 Å². The van der Waals surface area contributed by atoms with Crippen molar-refractivity contribution in [3.63, 3.8) is 0 Å². The number of halogens is 3. The Hall–Kier alpha value is -0.490. The maximum Gasteiger partial charge on any atom is 0.266 e. The van der Waals surface area contributed by atoms with Gasteiger partial charge < -0.3 is 0 Å². The Morgan fingerprint density at radius 1 is 1.11 bits per heavy atom. The maximum absolute atomic E-state index is 13.2. The smallest absolute Gasteiger partial charge is 0.266 e. The van der Waals surface area contributed by atoms with Crippen molar-refractivity contribution < 1.29 is 13.2 Å². The molecule has 8 heteroatoms. The van der Waals surface area contributed by atoms with Crippen LogP contribution in [0.15, 0.2) is 29.2 Å². The summed E-state index contributed by atoms with van der Waals surface area (Å²) in [5, 5.41) is 0. The van der Waals surface area contributed by atoms with Crippen LogP contribution in [0.1, 0.15) is 44.1 Å². The summed E-state index contributed by atoms with van der Waals surface area (Å²) < 4.78 is 27.0. The maximum atomic E-state index is 13.2. The fraction of sp³-hybridized carbons (Fsp3) is 0.632. The minimum atomic E-state index is -3.98. The topological polar surface area (TPSA) is 54.5 Å². The van der Waals surface area contributed by atoms with E-state index in [9.17, 15) is 13.2 Å². The number of hydrogen-bond donors (Lipinski definition) is 0. The molecule has 1 aliphatic carbocycles. The van der Waals surface area contributed by atoms with E-state index < -0.39 is 31.6 Å². The molecule has 0 N–H and O–H groups in total. The summed E-state index contributed by atoms with van der Waals surface area (Å²) in [5.74, 6) is -0.991. The highest BCUT2D eigenvalue weighted by Gasteiger charge is 2.58. The third kappa shape index (κ3) is 3.98. The van der Waals surface area contributed by atoms with Crippen LogP contribution in [0.2, 0.25) is 0 Å². The van der Waals surface area contributed by atoms with Gasteiger partial charge in [0.1, 0.15) is 4.87 Å². The molecule has 0 spiro atoms. The second kappa shape index (κ2) is 7.74. The summed E-state index contributed by atoms with van der Waals surface area (Å²) in [7, 11) is -3.98. The lowest BCUT2D eigenvalue weighted by Gasteiger charge is -2.37. The van der Waals surface area contributed by atoms with Gasteiger partial charge in [-0.1, -0.05) is 37.0 Å². The van der Waals surface area contributed by atoms with Gasteiger partial charge in [0.2, 0.25) is 0 Å². The molecular formula is C19H24Cl3NO3S. The zero-order chi connectivity index (χ0) is 19.9. The Kier molecular flexibility index (Phi) is 6.08. The molecule has 0 bridgehead atoms. The lowest BCUT2D eigenvalue weighted by Crippen LogP contribution is -2.46. The van der Waals surface area contributed by atoms with Crippen molar-refractivity contribution in [1.29, 1.82) is 0 Å². The highest BCUT2D eigenvalue weighted by Crippen LogP contribution is 2.49. The Morgan fingerprint density at radius 3 is 2.26 bits per heavy atom. The third-order valence-corrected chi connectivity index (χ3v) is 8.99. The van der Waals surface area contributed by atoms with E-state index in [0.29, 0.717) is 0 Å². The van der Waals surface area contributed by atoms with Crippen LogP contribution in [0, 0.1) is 12.8 Å².